The van der Waals surface area contributed by atoms with Crippen LogP contribution in [0.25, 0.3) is 77.2 Å². The molecule has 0 saturated heterocycles. The maximum Gasteiger partial charge on any atom is 0.143 e. The van der Waals surface area contributed by atoms with Crippen molar-refractivity contribution in [2.45, 2.75) is 19.3 Å². The molecule has 64 heavy (non-hydrogen) atoms. The van der Waals surface area contributed by atoms with Gasteiger partial charge in [-0.3, -0.25) is 0 Å². The second-order valence-corrected chi connectivity index (χ2v) is 17.4. The first-order chi connectivity index (χ1) is 31.5. The first-order valence-electron chi connectivity index (χ1n) is 22.1. The molecule has 12 rings (SSSR count). The second-order valence-electron chi connectivity index (χ2n) is 17.4. The number of para-hydroxylation sites is 3. The van der Waals surface area contributed by atoms with Crippen LogP contribution in [-0.2, 0) is 5.41 Å². The highest BCUT2D eigenvalue weighted by Crippen LogP contribution is 2.52. The molecule has 1 aliphatic rings. The van der Waals surface area contributed by atoms with E-state index in [0.717, 1.165) is 61.5 Å². The summed E-state index contributed by atoms with van der Waals surface area (Å²) in [5.74, 6) is 0. The summed E-state index contributed by atoms with van der Waals surface area (Å²) in [5.41, 5.74) is 19.2. The van der Waals surface area contributed by atoms with Crippen LogP contribution in [0, 0.1) is 0 Å². The van der Waals surface area contributed by atoms with E-state index in [2.05, 4.69) is 236 Å². The lowest BCUT2D eigenvalue weighted by Gasteiger charge is -2.28. The normalized spacial score (nSPS) is 12.7. The monoisotopic (exact) mass is 820 g/mol. The molecule has 0 unspecified atom stereocenters. The number of hydrogen-bond acceptors (Lipinski definition) is 3. The van der Waals surface area contributed by atoms with Gasteiger partial charge >= 0.3 is 0 Å². The lowest BCUT2D eigenvalue weighted by molar-refractivity contribution is 0.660. The summed E-state index contributed by atoms with van der Waals surface area (Å²) < 4.78 is 6.46. The van der Waals surface area contributed by atoms with Crippen molar-refractivity contribution in [3.8, 4) is 44.5 Å². The Balaban J connectivity index is 0.933. The molecule has 1 aromatic heterocycles. The zero-order chi connectivity index (χ0) is 42.8. The number of nitrogens with zero attached hydrogens (tertiary/aromatic N) is 1. The molecule has 0 spiro atoms. The molecular weight excluding hydrogens is 777 g/mol. The average Bonchev–Trinajstić information content (AvgIpc) is 3.84. The van der Waals surface area contributed by atoms with Crippen LogP contribution in [0.2, 0.25) is 0 Å². The number of furan rings is 1. The van der Waals surface area contributed by atoms with E-state index in [9.17, 15) is 0 Å². The maximum absolute atomic E-state index is 6.46. The lowest BCUT2D eigenvalue weighted by Crippen LogP contribution is -2.16. The molecule has 1 heterocycles. The third kappa shape index (κ3) is 6.28. The van der Waals surface area contributed by atoms with Gasteiger partial charge in [0.25, 0.3) is 0 Å². The van der Waals surface area contributed by atoms with E-state index in [4.69, 9.17) is 4.42 Å². The van der Waals surface area contributed by atoms with E-state index in [0.29, 0.717) is 0 Å². The fraction of sp³-hybridized carbons (Fsp3) is 0.0492. The molecule has 10 aromatic carbocycles. The Labute approximate surface area is 373 Å². The molecule has 0 atom stereocenters. The zero-order valence-electron chi connectivity index (χ0n) is 35.7. The molecule has 0 radical (unpaired) electrons. The fourth-order valence-electron chi connectivity index (χ4n) is 10.0. The Bertz CT molecular complexity index is 3540. The van der Waals surface area contributed by atoms with Crippen LogP contribution in [0.3, 0.4) is 0 Å². The summed E-state index contributed by atoms with van der Waals surface area (Å²) >= 11 is 0. The van der Waals surface area contributed by atoms with Crippen molar-refractivity contribution in [2.24, 2.45) is 0 Å². The Kier molecular flexibility index (Phi) is 8.84. The van der Waals surface area contributed by atoms with E-state index in [-0.39, 0.29) is 5.41 Å². The molecule has 304 valence electrons. The molecule has 0 aliphatic heterocycles. The molecular formula is C61H44N2O. The minimum absolute atomic E-state index is 0.240. The molecule has 1 aliphatic carbocycles. The van der Waals surface area contributed by atoms with Gasteiger partial charge in [-0.2, -0.15) is 0 Å². The van der Waals surface area contributed by atoms with Gasteiger partial charge < -0.3 is 14.6 Å². The highest BCUT2D eigenvalue weighted by molar-refractivity contribution is 6.09. The van der Waals surface area contributed by atoms with Crippen molar-refractivity contribution in [2.75, 3.05) is 10.2 Å². The average molecular weight is 821 g/mol. The third-order valence-corrected chi connectivity index (χ3v) is 13.3. The van der Waals surface area contributed by atoms with Crippen LogP contribution in [0.15, 0.2) is 229 Å². The maximum atomic E-state index is 6.46. The molecule has 0 fully saturated rings. The van der Waals surface area contributed by atoms with Gasteiger partial charge in [0.05, 0.1) is 0 Å². The summed E-state index contributed by atoms with van der Waals surface area (Å²) in [4.78, 5) is 2.39. The Hall–Kier alpha value is -8.14. The van der Waals surface area contributed by atoms with Gasteiger partial charge in [0, 0.05) is 55.8 Å². The van der Waals surface area contributed by atoms with Crippen molar-refractivity contribution in [3.05, 3.63) is 236 Å². The van der Waals surface area contributed by atoms with Crippen LogP contribution < -0.4 is 10.2 Å². The molecule has 3 nitrogen and oxygen atoms in total. The van der Waals surface area contributed by atoms with Crippen molar-refractivity contribution < 1.29 is 4.42 Å². The van der Waals surface area contributed by atoms with Crippen LogP contribution in [0.5, 0.6) is 0 Å². The smallest absolute Gasteiger partial charge is 0.143 e. The Morgan fingerprint density at radius 3 is 1.73 bits per heavy atom. The van der Waals surface area contributed by atoms with Gasteiger partial charge in [-0.1, -0.05) is 178 Å². The molecule has 3 heteroatoms. The van der Waals surface area contributed by atoms with E-state index in [1.54, 1.807) is 0 Å². The minimum Gasteiger partial charge on any atom is -0.455 e. The van der Waals surface area contributed by atoms with E-state index in [1.165, 1.54) is 55.3 Å². The topological polar surface area (TPSA) is 28.4 Å². The highest BCUT2D eigenvalue weighted by Gasteiger charge is 2.36. The van der Waals surface area contributed by atoms with E-state index in [1.807, 2.05) is 12.1 Å². The number of hydrogen-bond donors (Lipinski definition) is 1. The standard InChI is InChI=1S/C61H44N2O/c1-61(2)56-38-44(62-58-24-10-8-19-50(58)41-14-4-3-5-15-41)30-36-52(56)53-37-35-47(39-57(53)61)63(45-31-26-42(27-32-45)49-21-12-17-40-16-6-7-18-48(40)49)46-33-28-43(29-34-46)51-22-13-23-55-54-20-9-11-25-59(54)64-60(51)55/h3-39,62H,1-2H3. The van der Waals surface area contributed by atoms with E-state index < -0.39 is 0 Å². The van der Waals surface area contributed by atoms with Gasteiger partial charge in [-0.25, -0.2) is 0 Å². The molecule has 0 bridgehead atoms. The minimum atomic E-state index is -0.240. The summed E-state index contributed by atoms with van der Waals surface area (Å²) in [6.45, 7) is 4.72. The number of fused-ring (bicyclic) bond motifs is 7. The summed E-state index contributed by atoms with van der Waals surface area (Å²) in [7, 11) is 0. The second kappa shape index (κ2) is 15.0. The number of benzene rings is 10. The van der Waals surface area contributed by atoms with Crippen molar-refractivity contribution >= 4 is 61.1 Å². The molecule has 0 saturated carbocycles. The summed E-state index contributed by atoms with van der Waals surface area (Å²) in [6, 6.07) is 80.9. The summed E-state index contributed by atoms with van der Waals surface area (Å²) in [6.07, 6.45) is 0. The lowest BCUT2D eigenvalue weighted by atomic mass is 9.82. The highest BCUT2D eigenvalue weighted by atomic mass is 16.3. The molecule has 1 N–H and O–H groups in total. The molecule has 11 aromatic rings. The predicted molar refractivity (Wildman–Crippen MR) is 270 cm³/mol. The molecule has 0 amide bonds. The van der Waals surface area contributed by atoms with E-state index >= 15 is 0 Å². The Morgan fingerprint density at radius 2 is 0.938 bits per heavy atom. The van der Waals surface area contributed by atoms with Crippen molar-refractivity contribution in [1.29, 1.82) is 0 Å². The Morgan fingerprint density at radius 1 is 0.391 bits per heavy atom. The van der Waals surface area contributed by atoms with Gasteiger partial charge in [0.2, 0.25) is 0 Å². The first kappa shape index (κ1) is 37.6. The van der Waals surface area contributed by atoms with Gasteiger partial charge in [0.15, 0.2) is 0 Å². The predicted octanol–water partition coefficient (Wildman–Crippen LogP) is 17.3. The van der Waals surface area contributed by atoms with Crippen LogP contribution in [-0.4, -0.2) is 0 Å². The van der Waals surface area contributed by atoms with Gasteiger partial charge in [0.1, 0.15) is 11.2 Å². The largest absolute Gasteiger partial charge is 0.455 e. The SMILES string of the molecule is CC1(C)c2cc(Nc3ccccc3-c3ccccc3)ccc2-c2ccc(N(c3ccc(-c4cccc5ccccc45)cc3)c3ccc(-c4cccc5c4oc4ccccc45)cc3)cc21. The van der Waals surface area contributed by atoms with Crippen molar-refractivity contribution in [1.82, 2.24) is 0 Å². The van der Waals surface area contributed by atoms with Gasteiger partial charge in [-0.15, -0.1) is 0 Å². The fourth-order valence-corrected chi connectivity index (χ4v) is 10.0. The summed E-state index contributed by atoms with van der Waals surface area (Å²) in [5, 5.41) is 8.54. The number of rotatable bonds is 8. The number of nitrogens with one attached hydrogen (secondary N) is 1. The van der Waals surface area contributed by atoms with Crippen LogP contribution >= 0.6 is 0 Å². The number of anilines is 5. The quantitative estimate of drug-likeness (QED) is 0.166. The zero-order valence-corrected chi connectivity index (χ0v) is 35.7. The van der Waals surface area contributed by atoms with Gasteiger partial charge in [-0.05, 0) is 116 Å². The third-order valence-electron chi connectivity index (χ3n) is 13.3. The van der Waals surface area contributed by atoms with Crippen molar-refractivity contribution in [3.63, 3.8) is 0 Å². The first-order valence-corrected chi connectivity index (χ1v) is 22.1. The van der Waals surface area contributed by atoms with Crippen LogP contribution in [0.4, 0.5) is 28.4 Å². The van der Waals surface area contributed by atoms with Crippen LogP contribution in [0.1, 0.15) is 25.0 Å².